The maximum absolute atomic E-state index is 14.3. The summed E-state index contributed by atoms with van der Waals surface area (Å²) in [4.78, 5) is 9.69. The van der Waals surface area contributed by atoms with Gasteiger partial charge in [0.25, 0.3) is 0 Å². The fraction of sp³-hybridized carbons (Fsp3) is 0.136. The van der Waals surface area contributed by atoms with Crippen molar-refractivity contribution in [3.05, 3.63) is 82.6 Å². The molecule has 1 N–H and O–H groups in total. The van der Waals surface area contributed by atoms with E-state index in [0.717, 1.165) is 16.1 Å². The highest BCUT2D eigenvalue weighted by Gasteiger charge is 2.23. The molecular weight excluding hydrogens is 518 g/mol. The van der Waals surface area contributed by atoms with Crippen LogP contribution in [0.1, 0.15) is 12.5 Å². The Morgan fingerprint density at radius 2 is 1.94 bits per heavy atom. The molecule has 0 bridgehead atoms. The van der Waals surface area contributed by atoms with Gasteiger partial charge in [-0.2, -0.15) is 5.10 Å². The number of benzene rings is 2. The Labute approximate surface area is 197 Å². The molecule has 0 aliphatic heterocycles. The molecular formula is C22H19BrF2N4O3S. The second-order valence-electron chi connectivity index (χ2n) is 6.81. The molecule has 4 rings (SSSR count). The Morgan fingerprint density at radius 3 is 2.58 bits per heavy atom. The van der Waals surface area contributed by atoms with Crippen molar-refractivity contribution in [1.82, 2.24) is 14.8 Å². The number of rotatable bonds is 6. The van der Waals surface area contributed by atoms with Gasteiger partial charge in [-0.05, 0) is 35.9 Å². The number of hydrogen-bond acceptors (Lipinski definition) is 5. The third kappa shape index (κ3) is 5.99. The van der Waals surface area contributed by atoms with Crippen molar-refractivity contribution in [2.75, 3.05) is 11.1 Å². The van der Waals surface area contributed by atoms with Crippen LogP contribution in [-0.4, -0.2) is 35.3 Å². The number of carbonyl (C=O) groups is 1. The number of amides is 1. The van der Waals surface area contributed by atoms with E-state index < -0.39 is 21.5 Å². The monoisotopic (exact) mass is 536 g/mol. The predicted molar refractivity (Wildman–Crippen MR) is 125 cm³/mol. The zero-order chi connectivity index (χ0) is 24.0. The summed E-state index contributed by atoms with van der Waals surface area (Å²) in [6, 6.07) is 12.7. The van der Waals surface area contributed by atoms with E-state index in [1.807, 2.05) is 24.3 Å². The summed E-state index contributed by atoms with van der Waals surface area (Å²) in [5.41, 5.74) is 1.10. The third-order valence-corrected chi connectivity index (χ3v) is 6.83. The van der Waals surface area contributed by atoms with Gasteiger partial charge in [0, 0.05) is 29.5 Å². The summed E-state index contributed by atoms with van der Waals surface area (Å²) in [5.74, 6) is -1.30. The first-order valence-electron chi connectivity index (χ1n) is 9.68. The molecule has 1 amide bonds. The van der Waals surface area contributed by atoms with Crippen LogP contribution in [0.15, 0.2) is 70.3 Å². The topological polar surface area (TPSA) is 94.0 Å². The van der Waals surface area contributed by atoms with E-state index >= 15 is 0 Å². The first-order chi connectivity index (χ1) is 15.7. The van der Waals surface area contributed by atoms with Crippen LogP contribution in [0.25, 0.3) is 10.9 Å². The van der Waals surface area contributed by atoms with Crippen molar-refractivity contribution >= 4 is 48.9 Å². The summed E-state index contributed by atoms with van der Waals surface area (Å²) in [5, 5.41) is 9.40. The minimum absolute atomic E-state index is 0.0618. The lowest BCUT2D eigenvalue weighted by Crippen LogP contribution is -2.03. The fourth-order valence-electron chi connectivity index (χ4n) is 3.10. The number of nitrogens with one attached hydrogen (secondary N) is 1. The summed E-state index contributed by atoms with van der Waals surface area (Å²) in [6.45, 7) is 1.80. The van der Waals surface area contributed by atoms with Gasteiger partial charge in [0.2, 0.25) is 6.41 Å². The molecule has 0 saturated heterocycles. The lowest BCUT2D eigenvalue weighted by atomic mass is 10.2. The van der Waals surface area contributed by atoms with Crippen LogP contribution < -0.4 is 5.32 Å². The number of carbonyl (C=O) groups excluding carboxylic acids is 1. The molecule has 0 fully saturated rings. The number of aromatic nitrogens is 3. The number of halogens is 3. The molecule has 0 saturated carbocycles. The van der Waals surface area contributed by atoms with Crippen molar-refractivity contribution in [2.45, 2.75) is 18.4 Å². The zero-order valence-corrected chi connectivity index (χ0v) is 19.8. The molecule has 2 aromatic carbocycles. The Morgan fingerprint density at radius 1 is 1.15 bits per heavy atom. The maximum Gasteiger partial charge on any atom is 0.212 e. The Bertz CT molecular complexity index is 1380. The van der Waals surface area contributed by atoms with Crippen molar-refractivity contribution in [2.24, 2.45) is 0 Å². The minimum Gasteiger partial charge on any atom is -0.342 e. The molecule has 0 unspecified atom stereocenters. The number of anilines is 1. The quantitative estimate of drug-likeness (QED) is 0.364. The van der Waals surface area contributed by atoms with Gasteiger partial charge in [-0.25, -0.2) is 17.2 Å². The van der Waals surface area contributed by atoms with Gasteiger partial charge in [0.1, 0.15) is 11.6 Å². The smallest absolute Gasteiger partial charge is 0.212 e. The number of nitrogens with zero attached hydrogens (tertiary/aromatic N) is 3. The third-order valence-electron chi connectivity index (χ3n) is 4.60. The summed E-state index contributed by atoms with van der Waals surface area (Å²) in [7, 11) is -3.63. The molecule has 11 heteroatoms. The molecule has 2 heterocycles. The van der Waals surface area contributed by atoms with Crippen LogP contribution in [0.2, 0.25) is 0 Å². The van der Waals surface area contributed by atoms with Gasteiger partial charge in [-0.3, -0.25) is 4.79 Å². The average molecular weight is 537 g/mol. The molecule has 172 valence electrons. The number of fused-ring (bicyclic) bond motifs is 1. The number of sulfone groups is 1. The highest BCUT2D eigenvalue weighted by molar-refractivity contribution is 9.10. The SMILES string of the molecule is CCS(=O)(=O)c1cn(Cc2cccc(Br)c2)c2cc(F)cc(F)c12.O=CNc1cccnn1. The Kier molecular flexibility index (Phi) is 7.88. The second-order valence-corrected chi connectivity index (χ2v) is 9.97. The van der Waals surface area contributed by atoms with E-state index in [-0.39, 0.29) is 21.6 Å². The van der Waals surface area contributed by atoms with Crippen LogP contribution in [0.3, 0.4) is 0 Å². The Balaban J connectivity index is 0.000000286. The Hall–Kier alpha value is -3.18. The van der Waals surface area contributed by atoms with Crippen molar-refractivity contribution in [1.29, 1.82) is 0 Å². The molecule has 0 aliphatic carbocycles. The molecule has 2 aromatic heterocycles. The van der Waals surface area contributed by atoms with E-state index in [2.05, 4.69) is 31.4 Å². The highest BCUT2D eigenvalue weighted by Crippen LogP contribution is 2.30. The van der Waals surface area contributed by atoms with Gasteiger partial charge in [0.15, 0.2) is 15.7 Å². The molecule has 4 aromatic rings. The van der Waals surface area contributed by atoms with Crippen LogP contribution in [0.4, 0.5) is 14.6 Å². The van der Waals surface area contributed by atoms with E-state index in [0.29, 0.717) is 24.8 Å². The largest absolute Gasteiger partial charge is 0.342 e. The zero-order valence-electron chi connectivity index (χ0n) is 17.4. The van der Waals surface area contributed by atoms with E-state index in [4.69, 9.17) is 0 Å². The van der Waals surface area contributed by atoms with E-state index in [1.165, 1.54) is 19.3 Å². The van der Waals surface area contributed by atoms with Crippen LogP contribution in [0, 0.1) is 11.6 Å². The predicted octanol–water partition coefficient (Wildman–Crippen LogP) is 4.57. The summed E-state index contributed by atoms with van der Waals surface area (Å²) < 4.78 is 54.9. The average Bonchev–Trinajstić information content (AvgIpc) is 3.14. The van der Waals surface area contributed by atoms with Crippen molar-refractivity contribution in [3.63, 3.8) is 0 Å². The first kappa shape index (κ1) is 24.5. The fourth-order valence-corrected chi connectivity index (χ4v) is 4.66. The lowest BCUT2D eigenvalue weighted by molar-refractivity contribution is -0.105. The lowest BCUT2D eigenvalue weighted by Gasteiger charge is -2.06. The molecule has 7 nitrogen and oxygen atoms in total. The van der Waals surface area contributed by atoms with Crippen molar-refractivity contribution < 1.29 is 22.0 Å². The molecule has 0 aliphatic rings. The van der Waals surface area contributed by atoms with Gasteiger partial charge in [-0.1, -0.05) is 35.0 Å². The molecule has 0 atom stereocenters. The summed E-state index contributed by atoms with van der Waals surface area (Å²) in [6.07, 6.45) is 3.48. The minimum atomic E-state index is -3.63. The first-order valence-corrected chi connectivity index (χ1v) is 12.1. The maximum atomic E-state index is 14.3. The highest BCUT2D eigenvalue weighted by atomic mass is 79.9. The second kappa shape index (κ2) is 10.6. The molecule has 33 heavy (non-hydrogen) atoms. The molecule has 0 spiro atoms. The normalized spacial score (nSPS) is 11.0. The van der Waals surface area contributed by atoms with Crippen LogP contribution >= 0.6 is 15.9 Å². The van der Waals surface area contributed by atoms with E-state index in [9.17, 15) is 22.0 Å². The molecule has 0 radical (unpaired) electrons. The van der Waals surface area contributed by atoms with Gasteiger partial charge in [-0.15, -0.1) is 5.10 Å². The number of hydrogen-bond donors (Lipinski definition) is 1. The van der Waals surface area contributed by atoms with Crippen LogP contribution in [0.5, 0.6) is 0 Å². The van der Waals surface area contributed by atoms with E-state index in [1.54, 1.807) is 16.7 Å². The van der Waals surface area contributed by atoms with Gasteiger partial charge >= 0.3 is 0 Å². The summed E-state index contributed by atoms with van der Waals surface area (Å²) >= 11 is 3.37. The van der Waals surface area contributed by atoms with Gasteiger partial charge < -0.3 is 9.88 Å². The standard InChI is InChI=1S/C17H14BrF2NO2S.C5H5N3O/c1-2-24(22,23)16-10-21(9-11-4-3-5-12(18)6-11)15-8-13(19)7-14(20)17(15)16;9-4-6-5-2-1-3-7-8-5/h3-8,10H,2,9H2,1H3;1-4H,(H,6,8,9). The van der Waals surface area contributed by atoms with Gasteiger partial charge in [0.05, 0.1) is 21.6 Å². The van der Waals surface area contributed by atoms with Crippen molar-refractivity contribution in [3.8, 4) is 0 Å². The van der Waals surface area contributed by atoms with Crippen LogP contribution in [-0.2, 0) is 21.2 Å².